The maximum atomic E-state index is 11.4. The van der Waals surface area contributed by atoms with Crippen LogP contribution in [-0.4, -0.2) is 67.3 Å². The molecule has 7 heteroatoms. The molecular weight excluding hydrogens is 272 g/mol. The van der Waals surface area contributed by atoms with Gasteiger partial charge < -0.3 is 14.4 Å². The first-order valence-electron chi connectivity index (χ1n) is 6.77. The number of hydrogen-bond acceptors (Lipinski definition) is 6. The van der Waals surface area contributed by atoms with Gasteiger partial charge in [-0.3, -0.25) is 4.90 Å². The van der Waals surface area contributed by atoms with E-state index in [1.807, 2.05) is 6.07 Å². The summed E-state index contributed by atoms with van der Waals surface area (Å²) in [5, 5.41) is 8.66. The second-order valence-electron chi connectivity index (χ2n) is 4.64. The first-order valence-corrected chi connectivity index (χ1v) is 6.77. The number of carbonyl (C=O) groups is 1. The number of aromatic nitrogens is 1. The van der Waals surface area contributed by atoms with Crippen LogP contribution in [0.25, 0.3) is 0 Å². The molecular formula is C14H18N4O3. The van der Waals surface area contributed by atoms with Crippen LogP contribution in [0.3, 0.4) is 0 Å². The second kappa shape index (κ2) is 7.45. The number of rotatable bonds is 4. The van der Waals surface area contributed by atoms with Gasteiger partial charge in [0.05, 0.1) is 13.3 Å². The predicted octanol–water partition coefficient (Wildman–Crippen LogP) is 0.716. The highest BCUT2D eigenvalue weighted by atomic mass is 16.5. The van der Waals surface area contributed by atoms with Gasteiger partial charge in [-0.15, -0.1) is 0 Å². The maximum Gasteiger partial charge on any atom is 0.409 e. The van der Waals surface area contributed by atoms with Gasteiger partial charge >= 0.3 is 6.09 Å². The fraction of sp³-hybridized carbons (Fsp3) is 0.500. The third-order valence-electron chi connectivity index (χ3n) is 3.33. The van der Waals surface area contributed by atoms with Gasteiger partial charge in [-0.2, -0.15) is 5.26 Å². The molecule has 0 spiro atoms. The molecule has 1 aliphatic heterocycles. The Morgan fingerprint density at radius 2 is 2.14 bits per heavy atom. The van der Waals surface area contributed by atoms with Crippen molar-refractivity contribution < 1.29 is 14.3 Å². The van der Waals surface area contributed by atoms with Gasteiger partial charge in [-0.1, -0.05) is 0 Å². The number of nitriles is 1. The van der Waals surface area contributed by atoms with E-state index in [-0.39, 0.29) is 6.09 Å². The molecule has 2 heterocycles. The lowest BCUT2D eigenvalue weighted by Gasteiger charge is -2.33. The van der Waals surface area contributed by atoms with Crippen LogP contribution in [0.5, 0.6) is 5.75 Å². The number of carbonyl (C=O) groups excluding carboxylic acids is 1. The van der Waals surface area contributed by atoms with E-state index in [0.717, 1.165) is 19.6 Å². The van der Waals surface area contributed by atoms with Crippen molar-refractivity contribution in [2.45, 2.75) is 0 Å². The zero-order chi connectivity index (χ0) is 15.1. The molecule has 1 saturated heterocycles. The third kappa shape index (κ3) is 4.33. The minimum absolute atomic E-state index is 0.269. The molecule has 1 aromatic rings. The zero-order valence-corrected chi connectivity index (χ0v) is 12.0. The number of hydrogen-bond donors (Lipinski definition) is 0. The molecule has 1 aliphatic rings. The first kappa shape index (κ1) is 15.1. The van der Waals surface area contributed by atoms with E-state index in [0.29, 0.717) is 31.1 Å². The van der Waals surface area contributed by atoms with Gasteiger partial charge in [0.1, 0.15) is 24.1 Å². The average Bonchev–Trinajstić information content (AvgIpc) is 2.55. The smallest absolute Gasteiger partial charge is 0.409 e. The highest BCUT2D eigenvalue weighted by molar-refractivity contribution is 5.67. The number of ether oxygens (including phenoxy) is 2. The first-order chi connectivity index (χ1) is 10.2. The van der Waals surface area contributed by atoms with Crippen molar-refractivity contribution >= 4 is 6.09 Å². The molecule has 0 saturated carbocycles. The summed E-state index contributed by atoms with van der Waals surface area (Å²) in [6.07, 6.45) is 1.28. The number of nitrogens with zero attached hydrogens (tertiary/aromatic N) is 4. The van der Waals surface area contributed by atoms with Gasteiger partial charge in [-0.25, -0.2) is 9.78 Å². The van der Waals surface area contributed by atoms with E-state index in [2.05, 4.69) is 9.88 Å². The Balaban J connectivity index is 1.68. The monoisotopic (exact) mass is 290 g/mol. The summed E-state index contributed by atoms with van der Waals surface area (Å²) in [6.45, 7) is 4.30. The van der Waals surface area contributed by atoms with E-state index >= 15 is 0 Å². The van der Waals surface area contributed by atoms with Gasteiger partial charge in [0.25, 0.3) is 0 Å². The minimum atomic E-state index is -0.269. The summed E-state index contributed by atoms with van der Waals surface area (Å²) in [4.78, 5) is 19.2. The lowest BCUT2D eigenvalue weighted by molar-refractivity contribution is 0.0859. The summed E-state index contributed by atoms with van der Waals surface area (Å²) >= 11 is 0. The maximum absolute atomic E-state index is 11.4. The molecule has 0 N–H and O–H groups in total. The molecule has 0 aromatic carbocycles. The molecule has 0 radical (unpaired) electrons. The van der Waals surface area contributed by atoms with Gasteiger partial charge in [-0.05, 0) is 12.1 Å². The van der Waals surface area contributed by atoms with Crippen molar-refractivity contribution in [3.05, 3.63) is 24.0 Å². The Hall–Kier alpha value is -2.33. The molecule has 112 valence electrons. The topological polar surface area (TPSA) is 78.7 Å². The molecule has 0 atom stereocenters. The number of pyridine rings is 1. The Kier molecular flexibility index (Phi) is 5.35. The Labute approximate surface area is 123 Å². The van der Waals surface area contributed by atoms with Crippen molar-refractivity contribution in [3.63, 3.8) is 0 Å². The van der Waals surface area contributed by atoms with E-state index in [1.54, 1.807) is 23.2 Å². The summed E-state index contributed by atoms with van der Waals surface area (Å²) in [5.41, 5.74) is 0.376. The zero-order valence-electron chi connectivity index (χ0n) is 12.0. The number of piperazine rings is 1. The second-order valence-corrected chi connectivity index (χ2v) is 4.64. The summed E-state index contributed by atoms with van der Waals surface area (Å²) in [5.74, 6) is 0.655. The SMILES string of the molecule is COC(=O)N1CCN(CCOc2ccc(C#N)nc2)CC1. The van der Waals surface area contributed by atoms with E-state index in [1.165, 1.54) is 7.11 Å². The van der Waals surface area contributed by atoms with Crippen molar-refractivity contribution in [1.82, 2.24) is 14.8 Å². The molecule has 1 amide bonds. The molecule has 21 heavy (non-hydrogen) atoms. The van der Waals surface area contributed by atoms with Crippen LogP contribution < -0.4 is 4.74 Å². The fourth-order valence-electron chi connectivity index (χ4n) is 2.11. The van der Waals surface area contributed by atoms with Gasteiger partial charge in [0.2, 0.25) is 0 Å². The summed E-state index contributed by atoms with van der Waals surface area (Å²) in [6, 6.07) is 5.33. The van der Waals surface area contributed by atoms with Gasteiger partial charge in [0.15, 0.2) is 0 Å². The number of methoxy groups -OCH3 is 1. The molecule has 1 fully saturated rings. The Morgan fingerprint density at radius 3 is 2.71 bits per heavy atom. The van der Waals surface area contributed by atoms with E-state index in [4.69, 9.17) is 14.7 Å². The van der Waals surface area contributed by atoms with Crippen LogP contribution in [-0.2, 0) is 4.74 Å². The fourth-order valence-corrected chi connectivity index (χ4v) is 2.11. The largest absolute Gasteiger partial charge is 0.491 e. The van der Waals surface area contributed by atoms with Crippen LogP contribution in [0.4, 0.5) is 4.79 Å². The standard InChI is InChI=1S/C14H18N4O3/c1-20-14(19)18-6-4-17(5-7-18)8-9-21-13-3-2-12(10-15)16-11-13/h2-3,11H,4-9H2,1H3. The minimum Gasteiger partial charge on any atom is -0.491 e. The van der Waals surface area contributed by atoms with E-state index in [9.17, 15) is 4.79 Å². The Bertz CT molecular complexity index is 504. The normalized spacial score (nSPS) is 15.3. The molecule has 0 aliphatic carbocycles. The summed E-state index contributed by atoms with van der Waals surface area (Å²) in [7, 11) is 1.40. The average molecular weight is 290 g/mol. The lowest BCUT2D eigenvalue weighted by atomic mass is 10.3. The van der Waals surface area contributed by atoms with Crippen molar-refractivity contribution in [3.8, 4) is 11.8 Å². The van der Waals surface area contributed by atoms with E-state index < -0.39 is 0 Å². The van der Waals surface area contributed by atoms with Crippen LogP contribution in [0.15, 0.2) is 18.3 Å². The third-order valence-corrected chi connectivity index (χ3v) is 3.33. The van der Waals surface area contributed by atoms with Gasteiger partial charge in [0, 0.05) is 32.7 Å². The highest BCUT2D eigenvalue weighted by Gasteiger charge is 2.20. The molecule has 0 bridgehead atoms. The predicted molar refractivity (Wildman–Crippen MR) is 74.9 cm³/mol. The van der Waals surface area contributed by atoms with Crippen LogP contribution >= 0.6 is 0 Å². The molecule has 0 unspecified atom stereocenters. The van der Waals surface area contributed by atoms with Crippen molar-refractivity contribution in [2.24, 2.45) is 0 Å². The van der Waals surface area contributed by atoms with Crippen LogP contribution in [0, 0.1) is 11.3 Å². The quantitative estimate of drug-likeness (QED) is 0.813. The summed E-state index contributed by atoms with van der Waals surface area (Å²) < 4.78 is 10.3. The van der Waals surface area contributed by atoms with Crippen molar-refractivity contribution in [1.29, 1.82) is 5.26 Å². The Morgan fingerprint density at radius 1 is 1.38 bits per heavy atom. The van der Waals surface area contributed by atoms with Crippen LogP contribution in [0.2, 0.25) is 0 Å². The number of amides is 1. The highest BCUT2D eigenvalue weighted by Crippen LogP contribution is 2.09. The molecule has 2 rings (SSSR count). The molecule has 7 nitrogen and oxygen atoms in total. The van der Waals surface area contributed by atoms with Crippen molar-refractivity contribution in [2.75, 3.05) is 46.4 Å². The molecule has 1 aromatic heterocycles. The lowest BCUT2D eigenvalue weighted by Crippen LogP contribution is -2.49. The van der Waals surface area contributed by atoms with Crippen LogP contribution in [0.1, 0.15) is 5.69 Å².